The predicted molar refractivity (Wildman–Crippen MR) is 93.5 cm³/mol. The van der Waals surface area contributed by atoms with E-state index in [2.05, 4.69) is 15.3 Å². The molecule has 1 N–H and O–H groups in total. The quantitative estimate of drug-likeness (QED) is 0.913. The maximum Gasteiger partial charge on any atom is 0.258 e. The molecule has 2 saturated heterocycles. The number of nitrogens with zero attached hydrogens (tertiary/aromatic N) is 3. The van der Waals surface area contributed by atoms with Gasteiger partial charge in [0.1, 0.15) is 5.82 Å². The minimum absolute atomic E-state index is 0.0829. The Bertz CT molecular complexity index is 785. The summed E-state index contributed by atoms with van der Waals surface area (Å²) in [5, 5.41) is 7.98. The van der Waals surface area contributed by atoms with E-state index in [9.17, 15) is 9.18 Å². The molecule has 2 aliphatic rings. The summed E-state index contributed by atoms with van der Waals surface area (Å²) in [5.41, 5.74) is 2.99. The average Bonchev–Trinajstić information content (AvgIpc) is 3.02. The fourth-order valence-electron chi connectivity index (χ4n) is 4.23. The molecule has 6 heteroatoms. The van der Waals surface area contributed by atoms with Gasteiger partial charge in [0, 0.05) is 18.6 Å². The van der Waals surface area contributed by atoms with Crippen LogP contribution in [0.5, 0.6) is 0 Å². The lowest BCUT2D eigenvalue weighted by Crippen LogP contribution is -2.42. The molecule has 0 radical (unpaired) electrons. The van der Waals surface area contributed by atoms with E-state index < -0.39 is 0 Å². The van der Waals surface area contributed by atoms with Crippen molar-refractivity contribution in [3.05, 3.63) is 47.0 Å². The first-order valence-electron chi connectivity index (χ1n) is 8.92. The van der Waals surface area contributed by atoms with E-state index in [0.29, 0.717) is 11.6 Å². The largest absolute Gasteiger partial charge is 0.331 e. The van der Waals surface area contributed by atoms with Gasteiger partial charge in [0.25, 0.3) is 5.91 Å². The SMILES string of the molecule is Cc1nn(-c2ccc(F)cc2)c(C)c1C(=O)N1C2CCNCC1CC2. The van der Waals surface area contributed by atoms with Crippen molar-refractivity contribution >= 4 is 5.91 Å². The number of fused-ring (bicyclic) bond motifs is 2. The molecule has 1 aromatic heterocycles. The number of nitrogens with one attached hydrogen (secondary N) is 1. The molecule has 4 rings (SSSR count). The van der Waals surface area contributed by atoms with Crippen LogP contribution in [0.25, 0.3) is 5.69 Å². The molecule has 25 heavy (non-hydrogen) atoms. The maximum absolute atomic E-state index is 13.3. The summed E-state index contributed by atoms with van der Waals surface area (Å²) in [4.78, 5) is 15.4. The fraction of sp³-hybridized carbons (Fsp3) is 0.474. The molecule has 5 nitrogen and oxygen atoms in total. The number of aryl methyl sites for hydroxylation is 1. The molecule has 132 valence electrons. The molecule has 2 aromatic rings. The Labute approximate surface area is 146 Å². The van der Waals surface area contributed by atoms with E-state index in [1.165, 1.54) is 12.1 Å². The van der Waals surface area contributed by atoms with Crippen LogP contribution in [0.4, 0.5) is 4.39 Å². The molecule has 0 aliphatic carbocycles. The van der Waals surface area contributed by atoms with Crippen LogP contribution in [-0.4, -0.2) is 45.8 Å². The third-order valence-corrected chi connectivity index (χ3v) is 5.47. The Hall–Kier alpha value is -2.21. The van der Waals surface area contributed by atoms with Gasteiger partial charge >= 0.3 is 0 Å². The van der Waals surface area contributed by atoms with Gasteiger partial charge in [-0.15, -0.1) is 0 Å². The lowest BCUT2D eigenvalue weighted by molar-refractivity contribution is 0.0679. The zero-order valence-electron chi connectivity index (χ0n) is 14.6. The summed E-state index contributed by atoms with van der Waals surface area (Å²) < 4.78 is 14.9. The second-order valence-corrected chi connectivity index (χ2v) is 7.02. The highest BCUT2D eigenvalue weighted by atomic mass is 19.1. The van der Waals surface area contributed by atoms with Gasteiger partial charge < -0.3 is 10.2 Å². The Balaban J connectivity index is 1.71. The summed E-state index contributed by atoms with van der Waals surface area (Å²) >= 11 is 0. The van der Waals surface area contributed by atoms with Crippen molar-refractivity contribution in [1.29, 1.82) is 0 Å². The molecule has 0 saturated carbocycles. The van der Waals surface area contributed by atoms with E-state index in [4.69, 9.17) is 0 Å². The zero-order valence-corrected chi connectivity index (χ0v) is 14.6. The molecular formula is C19H23FN4O. The number of rotatable bonds is 2. The van der Waals surface area contributed by atoms with Crippen molar-refractivity contribution in [1.82, 2.24) is 20.0 Å². The minimum atomic E-state index is -0.282. The van der Waals surface area contributed by atoms with Crippen LogP contribution >= 0.6 is 0 Å². The zero-order chi connectivity index (χ0) is 17.6. The molecule has 2 atom stereocenters. The standard InChI is InChI=1S/C19H23FN4O/c1-12-18(13(2)24(22-12)16-5-3-14(20)4-6-16)19(25)23-15-7-8-17(23)11-21-10-9-15/h3-6,15,17,21H,7-11H2,1-2H3. The van der Waals surface area contributed by atoms with Gasteiger partial charge in [-0.2, -0.15) is 5.10 Å². The number of benzene rings is 1. The molecule has 1 amide bonds. The molecule has 2 unspecified atom stereocenters. The normalized spacial score (nSPS) is 22.9. The summed E-state index contributed by atoms with van der Waals surface area (Å²) in [5.74, 6) is -0.199. The smallest absolute Gasteiger partial charge is 0.258 e. The second-order valence-electron chi connectivity index (χ2n) is 7.02. The van der Waals surface area contributed by atoms with Crippen LogP contribution in [0.15, 0.2) is 24.3 Å². The van der Waals surface area contributed by atoms with Crippen LogP contribution in [0.2, 0.25) is 0 Å². The first-order valence-corrected chi connectivity index (χ1v) is 8.92. The van der Waals surface area contributed by atoms with Gasteiger partial charge in [0.15, 0.2) is 0 Å². The Morgan fingerprint density at radius 2 is 1.88 bits per heavy atom. The van der Waals surface area contributed by atoms with Gasteiger partial charge in [-0.25, -0.2) is 9.07 Å². The molecule has 2 aliphatic heterocycles. The number of hydrogen-bond acceptors (Lipinski definition) is 3. The third kappa shape index (κ3) is 2.74. The summed E-state index contributed by atoms with van der Waals surface area (Å²) in [6.45, 7) is 5.62. The molecule has 0 spiro atoms. The molecule has 1 aromatic carbocycles. The number of hydrogen-bond donors (Lipinski definition) is 1. The highest BCUT2D eigenvalue weighted by Crippen LogP contribution is 2.31. The molecule has 2 fully saturated rings. The third-order valence-electron chi connectivity index (χ3n) is 5.47. The minimum Gasteiger partial charge on any atom is -0.331 e. The van der Waals surface area contributed by atoms with Gasteiger partial charge in [0.05, 0.1) is 22.6 Å². The number of carbonyl (C=O) groups is 1. The summed E-state index contributed by atoms with van der Waals surface area (Å²) in [7, 11) is 0. The number of carbonyl (C=O) groups excluding carboxylic acids is 1. The Kier molecular flexibility index (Phi) is 4.07. The van der Waals surface area contributed by atoms with Gasteiger partial charge in [-0.1, -0.05) is 0 Å². The first kappa shape index (κ1) is 16.3. The van der Waals surface area contributed by atoms with Crippen LogP contribution in [0.1, 0.15) is 41.0 Å². The molecule has 3 heterocycles. The van der Waals surface area contributed by atoms with Crippen LogP contribution < -0.4 is 5.32 Å². The summed E-state index contributed by atoms with van der Waals surface area (Å²) in [6.07, 6.45) is 3.16. The number of amides is 1. The highest BCUT2D eigenvalue weighted by molar-refractivity contribution is 5.97. The fourth-order valence-corrected chi connectivity index (χ4v) is 4.23. The van der Waals surface area contributed by atoms with Crippen LogP contribution in [-0.2, 0) is 0 Å². The molecular weight excluding hydrogens is 319 g/mol. The topological polar surface area (TPSA) is 50.2 Å². The van der Waals surface area contributed by atoms with E-state index in [0.717, 1.165) is 49.4 Å². The van der Waals surface area contributed by atoms with E-state index in [1.54, 1.807) is 16.8 Å². The van der Waals surface area contributed by atoms with Gasteiger partial charge in [0.2, 0.25) is 0 Å². The van der Waals surface area contributed by atoms with Crippen LogP contribution in [0, 0.1) is 19.7 Å². The number of aromatic nitrogens is 2. The Morgan fingerprint density at radius 3 is 2.64 bits per heavy atom. The lowest BCUT2D eigenvalue weighted by atomic mass is 10.1. The lowest BCUT2D eigenvalue weighted by Gasteiger charge is -2.28. The van der Waals surface area contributed by atoms with Crippen molar-refractivity contribution in [2.24, 2.45) is 0 Å². The van der Waals surface area contributed by atoms with E-state index in [1.807, 2.05) is 13.8 Å². The maximum atomic E-state index is 13.3. The van der Waals surface area contributed by atoms with Crippen molar-refractivity contribution in [3.8, 4) is 5.69 Å². The first-order chi connectivity index (χ1) is 12.1. The van der Waals surface area contributed by atoms with E-state index >= 15 is 0 Å². The van der Waals surface area contributed by atoms with Gasteiger partial charge in [-0.05, 0) is 63.9 Å². The second kappa shape index (κ2) is 6.26. The predicted octanol–water partition coefficient (Wildman–Crippen LogP) is 2.59. The van der Waals surface area contributed by atoms with E-state index in [-0.39, 0.29) is 17.8 Å². The van der Waals surface area contributed by atoms with Crippen molar-refractivity contribution in [3.63, 3.8) is 0 Å². The Morgan fingerprint density at radius 1 is 1.16 bits per heavy atom. The summed E-state index contributed by atoms with van der Waals surface area (Å²) in [6, 6.07) is 6.78. The van der Waals surface area contributed by atoms with Gasteiger partial charge in [-0.3, -0.25) is 4.79 Å². The number of halogens is 1. The van der Waals surface area contributed by atoms with Crippen LogP contribution in [0.3, 0.4) is 0 Å². The molecule has 2 bridgehead atoms. The highest BCUT2D eigenvalue weighted by Gasteiger charge is 2.39. The van der Waals surface area contributed by atoms with Crippen molar-refractivity contribution in [2.75, 3.05) is 13.1 Å². The van der Waals surface area contributed by atoms with Crippen molar-refractivity contribution < 1.29 is 9.18 Å². The van der Waals surface area contributed by atoms with Crippen molar-refractivity contribution in [2.45, 2.75) is 45.2 Å². The average molecular weight is 342 g/mol. The monoisotopic (exact) mass is 342 g/mol.